The van der Waals surface area contributed by atoms with Crippen LogP contribution >= 0.6 is 11.6 Å². The Morgan fingerprint density at radius 2 is 1.74 bits per heavy atom. The van der Waals surface area contributed by atoms with Crippen LogP contribution < -0.4 is 5.32 Å². The van der Waals surface area contributed by atoms with Crippen molar-refractivity contribution in [1.82, 2.24) is 20.0 Å². The second-order valence-corrected chi connectivity index (χ2v) is 7.81. The van der Waals surface area contributed by atoms with Gasteiger partial charge >= 0.3 is 0 Å². The van der Waals surface area contributed by atoms with Crippen molar-refractivity contribution in [3.05, 3.63) is 87.4 Å². The number of carbonyl (C=O) groups is 1. The molecular weight excluding hydrogens is 415 g/mol. The monoisotopic (exact) mass is 442 g/mol. The van der Waals surface area contributed by atoms with E-state index in [-0.39, 0.29) is 16.9 Å². The highest BCUT2D eigenvalue weighted by Gasteiger charge is 2.20. The lowest BCUT2D eigenvalue weighted by Gasteiger charge is -2.20. The molecule has 1 heterocycles. The maximum Gasteiger partial charge on any atom is 0.256 e. The number of amides is 1. The number of hydrogen-bond donors (Lipinski definition) is 1. The molecule has 0 saturated carbocycles. The highest BCUT2D eigenvalue weighted by molar-refractivity contribution is 6.33. The Balaban J connectivity index is 1.72. The molecule has 1 aromatic heterocycles. The topological polar surface area (TPSA) is 50.2 Å². The molecule has 3 aromatic rings. The first-order valence-corrected chi connectivity index (χ1v) is 10.8. The molecule has 31 heavy (non-hydrogen) atoms. The van der Waals surface area contributed by atoms with Crippen LogP contribution in [-0.2, 0) is 19.6 Å². The molecule has 2 aromatic carbocycles. The third kappa shape index (κ3) is 5.71. The van der Waals surface area contributed by atoms with E-state index in [1.54, 1.807) is 23.7 Å². The van der Waals surface area contributed by atoms with Crippen LogP contribution in [0.5, 0.6) is 0 Å². The molecule has 3 rings (SSSR count). The van der Waals surface area contributed by atoms with Gasteiger partial charge in [-0.1, -0.05) is 61.8 Å². The van der Waals surface area contributed by atoms with Gasteiger partial charge in [0.15, 0.2) is 0 Å². The van der Waals surface area contributed by atoms with Crippen molar-refractivity contribution in [2.45, 2.75) is 40.4 Å². The Morgan fingerprint density at radius 3 is 2.39 bits per heavy atom. The van der Waals surface area contributed by atoms with Gasteiger partial charge in [0, 0.05) is 13.1 Å². The third-order valence-corrected chi connectivity index (χ3v) is 5.77. The molecule has 0 aliphatic rings. The average Bonchev–Trinajstić information content (AvgIpc) is 3.05. The van der Waals surface area contributed by atoms with Crippen molar-refractivity contribution in [3.63, 3.8) is 0 Å². The molecule has 0 aliphatic carbocycles. The minimum Gasteiger partial charge on any atom is -0.348 e. The normalized spacial score (nSPS) is 11.2. The van der Waals surface area contributed by atoms with Crippen LogP contribution in [0.2, 0.25) is 5.15 Å². The first-order valence-electron chi connectivity index (χ1n) is 10.5. The fourth-order valence-electron chi connectivity index (χ4n) is 3.52. The lowest BCUT2D eigenvalue weighted by atomic mass is 10.1. The zero-order valence-electron chi connectivity index (χ0n) is 18.2. The lowest BCUT2D eigenvalue weighted by molar-refractivity contribution is 0.0950. The van der Waals surface area contributed by atoms with E-state index in [1.165, 1.54) is 17.7 Å². The third-order valence-electron chi connectivity index (χ3n) is 5.38. The molecule has 0 saturated heterocycles. The van der Waals surface area contributed by atoms with Gasteiger partial charge in [0.1, 0.15) is 11.0 Å². The molecule has 0 aliphatic heterocycles. The standard InChI is InChI=1S/C24H28ClFN4O/c1-4-29(5-2)16-20-9-7-6-8-19(20)14-27-24(31)22-17(3)28-30(23(22)25)15-18-10-12-21(26)13-11-18/h6-13H,4-5,14-16H2,1-3H3,(H,27,31). The van der Waals surface area contributed by atoms with E-state index in [2.05, 4.69) is 35.2 Å². The van der Waals surface area contributed by atoms with Crippen LogP contribution in [0.4, 0.5) is 4.39 Å². The number of carbonyl (C=O) groups excluding carboxylic acids is 1. The molecule has 1 N–H and O–H groups in total. The first kappa shape index (κ1) is 23.0. The average molecular weight is 443 g/mol. The summed E-state index contributed by atoms with van der Waals surface area (Å²) in [6.07, 6.45) is 0. The van der Waals surface area contributed by atoms with E-state index in [0.717, 1.165) is 30.8 Å². The van der Waals surface area contributed by atoms with Gasteiger partial charge in [0.2, 0.25) is 0 Å². The number of aryl methyl sites for hydroxylation is 1. The number of halogens is 2. The SMILES string of the molecule is CCN(CC)Cc1ccccc1CNC(=O)c1c(C)nn(Cc2ccc(F)cc2)c1Cl. The number of hydrogen-bond acceptors (Lipinski definition) is 3. The molecule has 0 radical (unpaired) electrons. The molecule has 0 bridgehead atoms. The fourth-order valence-corrected chi connectivity index (χ4v) is 3.84. The maximum absolute atomic E-state index is 13.1. The highest BCUT2D eigenvalue weighted by Crippen LogP contribution is 2.21. The van der Waals surface area contributed by atoms with E-state index >= 15 is 0 Å². The zero-order chi connectivity index (χ0) is 22.4. The lowest BCUT2D eigenvalue weighted by Crippen LogP contribution is -2.26. The maximum atomic E-state index is 13.1. The summed E-state index contributed by atoms with van der Waals surface area (Å²) in [6.45, 7) is 9.60. The molecular formula is C24H28ClFN4O. The molecule has 0 unspecified atom stereocenters. The Bertz CT molecular complexity index is 1030. The second kappa shape index (κ2) is 10.6. The molecule has 1 amide bonds. The van der Waals surface area contributed by atoms with Crippen LogP contribution in [0.15, 0.2) is 48.5 Å². The van der Waals surface area contributed by atoms with Crippen LogP contribution in [-0.4, -0.2) is 33.7 Å². The summed E-state index contributed by atoms with van der Waals surface area (Å²) >= 11 is 6.48. The minimum atomic E-state index is -0.298. The van der Waals surface area contributed by atoms with Gasteiger partial charge in [-0.15, -0.1) is 0 Å². The molecule has 0 atom stereocenters. The predicted molar refractivity (Wildman–Crippen MR) is 122 cm³/mol. The van der Waals surface area contributed by atoms with Gasteiger partial charge < -0.3 is 5.32 Å². The Labute approximate surface area is 187 Å². The minimum absolute atomic E-state index is 0.259. The van der Waals surface area contributed by atoms with Crippen molar-refractivity contribution < 1.29 is 9.18 Å². The summed E-state index contributed by atoms with van der Waals surface area (Å²) in [5.74, 6) is -0.557. The van der Waals surface area contributed by atoms with Crippen molar-refractivity contribution >= 4 is 17.5 Å². The quantitative estimate of drug-likeness (QED) is 0.517. The van der Waals surface area contributed by atoms with Crippen molar-refractivity contribution in [2.75, 3.05) is 13.1 Å². The molecule has 0 spiro atoms. The Kier molecular flexibility index (Phi) is 7.82. The van der Waals surface area contributed by atoms with Gasteiger partial charge in [0.25, 0.3) is 5.91 Å². The Hall–Kier alpha value is -2.70. The van der Waals surface area contributed by atoms with Gasteiger partial charge in [-0.05, 0) is 48.8 Å². The van der Waals surface area contributed by atoms with Crippen LogP contribution in [0.1, 0.15) is 46.6 Å². The smallest absolute Gasteiger partial charge is 0.256 e. The number of nitrogens with one attached hydrogen (secondary N) is 1. The fraction of sp³-hybridized carbons (Fsp3) is 0.333. The summed E-state index contributed by atoms with van der Waals surface area (Å²) in [5.41, 5.74) is 4.05. The summed E-state index contributed by atoms with van der Waals surface area (Å²) in [6, 6.07) is 14.3. The Morgan fingerprint density at radius 1 is 1.10 bits per heavy atom. The second-order valence-electron chi connectivity index (χ2n) is 7.45. The van der Waals surface area contributed by atoms with Crippen molar-refractivity contribution in [3.8, 4) is 0 Å². The molecule has 164 valence electrons. The van der Waals surface area contributed by atoms with Crippen molar-refractivity contribution in [1.29, 1.82) is 0 Å². The van der Waals surface area contributed by atoms with Gasteiger partial charge in [-0.2, -0.15) is 5.10 Å². The van der Waals surface area contributed by atoms with E-state index < -0.39 is 0 Å². The molecule has 7 heteroatoms. The van der Waals surface area contributed by atoms with Gasteiger partial charge in [0.05, 0.1) is 17.8 Å². The number of aromatic nitrogens is 2. The zero-order valence-corrected chi connectivity index (χ0v) is 18.9. The van der Waals surface area contributed by atoms with Gasteiger partial charge in [-0.3, -0.25) is 9.69 Å². The van der Waals surface area contributed by atoms with E-state index in [9.17, 15) is 9.18 Å². The van der Waals surface area contributed by atoms with E-state index in [0.29, 0.717) is 24.3 Å². The van der Waals surface area contributed by atoms with E-state index in [1.807, 2.05) is 18.2 Å². The first-order chi connectivity index (χ1) is 14.9. The summed E-state index contributed by atoms with van der Waals surface area (Å²) in [4.78, 5) is 15.2. The van der Waals surface area contributed by atoms with Crippen LogP contribution in [0.25, 0.3) is 0 Å². The predicted octanol–water partition coefficient (Wildman–Crippen LogP) is 4.80. The number of rotatable bonds is 9. The number of nitrogens with zero attached hydrogens (tertiary/aromatic N) is 3. The largest absolute Gasteiger partial charge is 0.348 e. The molecule has 0 fully saturated rings. The molecule has 5 nitrogen and oxygen atoms in total. The highest BCUT2D eigenvalue weighted by atomic mass is 35.5. The summed E-state index contributed by atoms with van der Waals surface area (Å²) < 4.78 is 14.7. The van der Waals surface area contributed by atoms with Gasteiger partial charge in [-0.25, -0.2) is 9.07 Å². The summed E-state index contributed by atoms with van der Waals surface area (Å²) in [5, 5.41) is 7.67. The van der Waals surface area contributed by atoms with Crippen molar-refractivity contribution in [2.24, 2.45) is 0 Å². The number of benzene rings is 2. The van der Waals surface area contributed by atoms with E-state index in [4.69, 9.17) is 11.6 Å². The van der Waals surface area contributed by atoms with Crippen LogP contribution in [0, 0.1) is 12.7 Å². The van der Waals surface area contributed by atoms with Crippen LogP contribution in [0.3, 0.4) is 0 Å². The summed E-state index contributed by atoms with van der Waals surface area (Å²) in [7, 11) is 0.